The fraction of sp³-hybridized carbons (Fsp3) is 0.111. The number of rotatable bonds is 2. The number of carbonyl (C=O) groups is 2. The molecule has 1 amide bonds. The van der Waals surface area contributed by atoms with Gasteiger partial charge in [0.2, 0.25) is 0 Å². The largest absolute Gasteiger partial charge is 0.453 e. The van der Waals surface area contributed by atoms with E-state index in [2.05, 4.69) is 10.1 Å². The van der Waals surface area contributed by atoms with E-state index >= 15 is 0 Å². The Balaban J connectivity index is 2.77. The molecule has 1 aromatic rings. The van der Waals surface area contributed by atoms with Crippen molar-refractivity contribution in [3.63, 3.8) is 0 Å². The van der Waals surface area contributed by atoms with Crippen LogP contribution in [0.4, 0.5) is 10.5 Å². The number of carbonyl (C=O) groups excluding carboxylic acids is 2. The number of amides is 1. The molecule has 0 atom stereocenters. The molecule has 68 valence electrons. The van der Waals surface area contributed by atoms with E-state index < -0.39 is 6.09 Å². The maximum absolute atomic E-state index is 10.8. The van der Waals surface area contributed by atoms with Gasteiger partial charge < -0.3 is 4.74 Å². The lowest BCUT2D eigenvalue weighted by Crippen LogP contribution is -2.10. The molecule has 1 rings (SSSR count). The third-order valence-electron chi connectivity index (χ3n) is 1.45. The first kappa shape index (κ1) is 9.25. The summed E-state index contributed by atoms with van der Waals surface area (Å²) in [5.41, 5.74) is 1.05. The average molecular weight is 179 g/mol. The highest BCUT2D eigenvalue weighted by Gasteiger charge is 1.99. The van der Waals surface area contributed by atoms with Crippen molar-refractivity contribution in [3.05, 3.63) is 29.8 Å². The number of nitrogens with one attached hydrogen (secondary N) is 1. The number of benzene rings is 1. The highest BCUT2D eigenvalue weighted by molar-refractivity contribution is 5.86. The lowest BCUT2D eigenvalue weighted by molar-refractivity contribution is 0.112. The van der Waals surface area contributed by atoms with Gasteiger partial charge in [-0.15, -0.1) is 0 Å². The third kappa shape index (κ3) is 2.59. The second-order valence-corrected chi connectivity index (χ2v) is 2.36. The molecule has 13 heavy (non-hydrogen) atoms. The Kier molecular flexibility index (Phi) is 3.03. The number of ether oxygens (including phenoxy) is 1. The molecule has 0 radical (unpaired) electrons. The van der Waals surface area contributed by atoms with Crippen LogP contribution in [0, 0.1) is 0 Å². The SMILES string of the molecule is COC(=O)Nc1cccc(C=O)c1. The lowest BCUT2D eigenvalue weighted by Gasteiger charge is -2.02. The quantitative estimate of drug-likeness (QED) is 0.702. The summed E-state index contributed by atoms with van der Waals surface area (Å²) < 4.78 is 4.39. The lowest BCUT2D eigenvalue weighted by atomic mass is 10.2. The highest BCUT2D eigenvalue weighted by Crippen LogP contribution is 2.08. The topological polar surface area (TPSA) is 55.4 Å². The molecule has 0 bridgehead atoms. The Morgan fingerprint density at radius 3 is 2.92 bits per heavy atom. The minimum atomic E-state index is -0.553. The smallest absolute Gasteiger partial charge is 0.411 e. The van der Waals surface area contributed by atoms with Crippen LogP contribution < -0.4 is 5.32 Å². The van der Waals surface area contributed by atoms with Gasteiger partial charge in [-0.25, -0.2) is 4.79 Å². The zero-order valence-corrected chi connectivity index (χ0v) is 7.11. The van der Waals surface area contributed by atoms with Crippen LogP contribution in [0.15, 0.2) is 24.3 Å². The van der Waals surface area contributed by atoms with Gasteiger partial charge in [0.25, 0.3) is 0 Å². The maximum atomic E-state index is 10.8. The van der Waals surface area contributed by atoms with Gasteiger partial charge in [0.05, 0.1) is 7.11 Å². The Bertz CT molecular complexity index is 322. The average Bonchev–Trinajstić information content (AvgIpc) is 2.18. The van der Waals surface area contributed by atoms with E-state index in [1.807, 2.05) is 0 Å². The monoisotopic (exact) mass is 179 g/mol. The molecule has 0 aliphatic heterocycles. The van der Waals surface area contributed by atoms with Crippen LogP contribution in [0.3, 0.4) is 0 Å². The predicted octanol–water partition coefficient (Wildman–Crippen LogP) is 1.68. The Labute approximate surface area is 75.5 Å². The van der Waals surface area contributed by atoms with Gasteiger partial charge in [0, 0.05) is 11.3 Å². The van der Waals surface area contributed by atoms with Gasteiger partial charge in [-0.2, -0.15) is 0 Å². The zero-order valence-electron chi connectivity index (χ0n) is 7.11. The van der Waals surface area contributed by atoms with Crippen LogP contribution >= 0.6 is 0 Å². The highest BCUT2D eigenvalue weighted by atomic mass is 16.5. The minimum Gasteiger partial charge on any atom is -0.453 e. The standard InChI is InChI=1S/C9H9NO3/c1-13-9(12)10-8-4-2-3-7(5-8)6-11/h2-6H,1H3,(H,10,12). The van der Waals surface area contributed by atoms with E-state index in [4.69, 9.17) is 0 Å². The van der Waals surface area contributed by atoms with E-state index in [0.717, 1.165) is 0 Å². The van der Waals surface area contributed by atoms with Crippen molar-refractivity contribution in [2.45, 2.75) is 0 Å². The minimum absolute atomic E-state index is 0.508. The summed E-state index contributed by atoms with van der Waals surface area (Å²) in [5, 5.41) is 2.45. The van der Waals surface area contributed by atoms with Gasteiger partial charge in [0.1, 0.15) is 6.29 Å². The molecular formula is C9H9NO3. The molecule has 1 aromatic carbocycles. The number of anilines is 1. The van der Waals surface area contributed by atoms with Crippen LogP contribution in [0.5, 0.6) is 0 Å². The second kappa shape index (κ2) is 4.25. The summed E-state index contributed by atoms with van der Waals surface area (Å²) >= 11 is 0. The molecule has 0 heterocycles. The molecule has 1 N–H and O–H groups in total. The first-order chi connectivity index (χ1) is 6.26. The first-order valence-electron chi connectivity index (χ1n) is 3.66. The predicted molar refractivity (Wildman–Crippen MR) is 47.9 cm³/mol. The van der Waals surface area contributed by atoms with Crippen molar-refractivity contribution in [1.82, 2.24) is 0 Å². The van der Waals surface area contributed by atoms with Crippen molar-refractivity contribution < 1.29 is 14.3 Å². The fourth-order valence-electron chi connectivity index (χ4n) is 0.859. The van der Waals surface area contributed by atoms with Gasteiger partial charge in [-0.3, -0.25) is 10.1 Å². The van der Waals surface area contributed by atoms with Crippen molar-refractivity contribution in [2.24, 2.45) is 0 Å². The van der Waals surface area contributed by atoms with Crippen molar-refractivity contribution in [2.75, 3.05) is 12.4 Å². The summed E-state index contributed by atoms with van der Waals surface area (Å²) in [4.78, 5) is 21.1. The Hall–Kier alpha value is -1.84. The van der Waals surface area contributed by atoms with Crippen LogP contribution in [-0.4, -0.2) is 19.5 Å². The van der Waals surface area contributed by atoms with Crippen LogP contribution in [0.25, 0.3) is 0 Å². The van der Waals surface area contributed by atoms with E-state index in [-0.39, 0.29) is 0 Å². The number of hydrogen-bond acceptors (Lipinski definition) is 3. The Morgan fingerprint density at radius 1 is 1.54 bits per heavy atom. The third-order valence-corrected chi connectivity index (χ3v) is 1.45. The van der Waals surface area contributed by atoms with E-state index in [1.54, 1.807) is 24.3 Å². The first-order valence-corrected chi connectivity index (χ1v) is 3.66. The van der Waals surface area contributed by atoms with Gasteiger partial charge in [-0.1, -0.05) is 12.1 Å². The maximum Gasteiger partial charge on any atom is 0.411 e. The van der Waals surface area contributed by atoms with Gasteiger partial charge >= 0.3 is 6.09 Å². The van der Waals surface area contributed by atoms with Crippen LogP contribution in [0.1, 0.15) is 10.4 Å². The van der Waals surface area contributed by atoms with E-state index in [9.17, 15) is 9.59 Å². The number of hydrogen-bond donors (Lipinski definition) is 1. The molecule has 0 aliphatic rings. The molecule has 4 nitrogen and oxygen atoms in total. The van der Waals surface area contributed by atoms with Gasteiger partial charge in [0.15, 0.2) is 0 Å². The molecular weight excluding hydrogens is 170 g/mol. The zero-order chi connectivity index (χ0) is 9.68. The number of methoxy groups -OCH3 is 1. The number of aldehydes is 1. The van der Waals surface area contributed by atoms with Crippen molar-refractivity contribution in [3.8, 4) is 0 Å². The van der Waals surface area contributed by atoms with Crippen molar-refractivity contribution >= 4 is 18.1 Å². The van der Waals surface area contributed by atoms with Gasteiger partial charge in [-0.05, 0) is 12.1 Å². The Morgan fingerprint density at radius 2 is 2.31 bits per heavy atom. The normalized spacial score (nSPS) is 9.00. The molecule has 0 spiro atoms. The molecule has 0 fully saturated rings. The molecule has 0 unspecified atom stereocenters. The van der Waals surface area contributed by atoms with Crippen LogP contribution in [0.2, 0.25) is 0 Å². The summed E-state index contributed by atoms with van der Waals surface area (Å²) in [5.74, 6) is 0. The molecule has 0 aliphatic carbocycles. The van der Waals surface area contributed by atoms with Crippen molar-refractivity contribution in [1.29, 1.82) is 0 Å². The summed E-state index contributed by atoms with van der Waals surface area (Å²) in [6.07, 6.45) is 0.158. The molecule has 4 heteroatoms. The molecule has 0 saturated heterocycles. The van der Waals surface area contributed by atoms with Crippen LogP contribution in [-0.2, 0) is 4.74 Å². The van der Waals surface area contributed by atoms with E-state index in [0.29, 0.717) is 17.5 Å². The molecule has 0 saturated carbocycles. The van der Waals surface area contributed by atoms with E-state index in [1.165, 1.54) is 7.11 Å². The second-order valence-electron chi connectivity index (χ2n) is 2.36. The summed E-state index contributed by atoms with van der Waals surface area (Å²) in [6, 6.07) is 6.55. The molecule has 0 aromatic heterocycles. The summed E-state index contributed by atoms with van der Waals surface area (Å²) in [6.45, 7) is 0. The summed E-state index contributed by atoms with van der Waals surface area (Å²) in [7, 11) is 1.28. The fourth-order valence-corrected chi connectivity index (χ4v) is 0.859.